The SMILES string of the molecule is c1ccc2c(N(c3ccc4c(c3)oc3ccccc34)c3cc4sc5nc(N(c6ccc7c(c6)oc6ccccc67)c6c7ccccc7cc7ccccc67)nnc5c4nn3)c3ccccc3cc2c1. The van der Waals surface area contributed by atoms with Crippen LogP contribution in [0, 0.1) is 0 Å². The van der Waals surface area contributed by atoms with Gasteiger partial charge in [-0.3, -0.25) is 9.80 Å². The first-order chi connectivity index (χ1) is 34.2. The predicted molar refractivity (Wildman–Crippen MR) is 282 cm³/mol. The Hall–Kier alpha value is -9.25. The number of hydrogen-bond acceptors (Lipinski definition) is 10. The summed E-state index contributed by atoms with van der Waals surface area (Å²) in [4.78, 5) is 10.4. The standard InChI is InChI=1S/C59H33N7O2S/c1-5-17-40-34(13-1)29-35-14-2-6-18-41(35)56(40)65(38-25-27-46-44-21-9-11-23-48(44)67-50(46)31-38)53-33-52-54(62-61-53)55-58(69-52)60-59(64-63-55)66(39-26-28-47-45-22-10-12-24-49(45)68-51(47)32-39)57-42-19-7-3-15-36(42)30-37-16-4-8-20-43(37)57/h1-33H. The van der Waals surface area contributed by atoms with E-state index in [0.29, 0.717) is 27.6 Å². The topological polar surface area (TPSA) is 97.2 Å². The van der Waals surface area contributed by atoms with Crippen LogP contribution in [0.15, 0.2) is 209 Å². The molecular formula is C59H33N7O2S. The zero-order valence-electron chi connectivity index (χ0n) is 36.4. The number of para-hydroxylation sites is 2. The summed E-state index contributed by atoms with van der Waals surface area (Å²) in [5, 5.41) is 32.8. The number of rotatable bonds is 6. The Morgan fingerprint density at radius 1 is 0.348 bits per heavy atom. The molecule has 10 heteroatoms. The highest BCUT2D eigenvalue weighted by Crippen LogP contribution is 2.48. The minimum atomic E-state index is 0.419. The van der Waals surface area contributed by atoms with Gasteiger partial charge in [0.05, 0.1) is 27.4 Å². The summed E-state index contributed by atoms with van der Waals surface area (Å²) in [5.74, 6) is 1.06. The average molecular weight is 904 g/mol. The van der Waals surface area contributed by atoms with Gasteiger partial charge in [-0.05, 0) is 70.1 Å². The van der Waals surface area contributed by atoms with Crippen LogP contribution in [0.1, 0.15) is 0 Å². The molecule has 10 aromatic carbocycles. The molecule has 0 aliphatic rings. The van der Waals surface area contributed by atoms with Crippen molar-refractivity contribution in [2.45, 2.75) is 0 Å². The number of thiophene rings is 1. The highest BCUT2D eigenvalue weighted by atomic mass is 32.1. The van der Waals surface area contributed by atoms with Crippen molar-refractivity contribution in [2.75, 3.05) is 9.80 Å². The van der Waals surface area contributed by atoms with E-state index in [9.17, 15) is 0 Å². The third-order valence-corrected chi connectivity index (χ3v) is 14.4. The Balaban J connectivity index is 0.949. The second kappa shape index (κ2) is 14.6. The first kappa shape index (κ1) is 37.9. The van der Waals surface area contributed by atoms with Crippen molar-refractivity contribution in [1.29, 1.82) is 0 Å². The van der Waals surface area contributed by atoms with Crippen molar-refractivity contribution in [3.05, 3.63) is 200 Å². The Morgan fingerprint density at radius 3 is 1.32 bits per heavy atom. The lowest BCUT2D eigenvalue weighted by Crippen LogP contribution is -2.15. The minimum absolute atomic E-state index is 0.419. The van der Waals surface area contributed by atoms with Gasteiger partial charge in [0, 0.05) is 61.3 Å². The van der Waals surface area contributed by atoms with Gasteiger partial charge in [0.1, 0.15) is 27.8 Å². The molecule has 5 heterocycles. The van der Waals surface area contributed by atoms with Crippen LogP contribution in [-0.2, 0) is 0 Å². The lowest BCUT2D eigenvalue weighted by molar-refractivity contribution is 0.668. The van der Waals surface area contributed by atoms with Crippen LogP contribution in [0.4, 0.5) is 34.5 Å². The molecule has 0 atom stereocenters. The van der Waals surface area contributed by atoms with E-state index in [1.54, 1.807) is 0 Å². The molecule has 0 N–H and O–H groups in total. The van der Waals surface area contributed by atoms with Crippen LogP contribution in [0.25, 0.3) is 108 Å². The van der Waals surface area contributed by atoms with Crippen molar-refractivity contribution in [2.24, 2.45) is 0 Å². The summed E-state index contributed by atoms with van der Waals surface area (Å²) < 4.78 is 13.8. The monoisotopic (exact) mass is 903 g/mol. The lowest BCUT2D eigenvalue weighted by Gasteiger charge is -2.27. The maximum atomic E-state index is 6.48. The molecule has 0 saturated heterocycles. The molecule has 0 unspecified atom stereocenters. The quantitative estimate of drug-likeness (QED) is 0.151. The number of nitrogens with zero attached hydrogens (tertiary/aromatic N) is 7. The zero-order chi connectivity index (χ0) is 45.2. The zero-order valence-corrected chi connectivity index (χ0v) is 37.2. The van der Waals surface area contributed by atoms with Gasteiger partial charge < -0.3 is 8.83 Å². The number of anilines is 6. The summed E-state index contributed by atoms with van der Waals surface area (Å²) in [7, 11) is 0. The van der Waals surface area contributed by atoms with E-state index in [1.807, 2.05) is 36.4 Å². The van der Waals surface area contributed by atoms with Crippen molar-refractivity contribution in [1.82, 2.24) is 25.4 Å². The molecule has 0 fully saturated rings. The molecule has 15 rings (SSSR count). The largest absolute Gasteiger partial charge is 0.456 e. The average Bonchev–Trinajstić information content (AvgIpc) is 4.09. The molecule has 0 amide bonds. The first-order valence-corrected chi connectivity index (χ1v) is 23.5. The van der Waals surface area contributed by atoms with Crippen molar-refractivity contribution in [3.63, 3.8) is 0 Å². The molecule has 322 valence electrons. The summed E-state index contributed by atoms with van der Waals surface area (Å²) >= 11 is 1.52. The maximum Gasteiger partial charge on any atom is 0.255 e. The fraction of sp³-hybridized carbons (Fsp3) is 0. The van der Waals surface area contributed by atoms with Gasteiger partial charge in [-0.15, -0.1) is 31.7 Å². The fourth-order valence-corrected chi connectivity index (χ4v) is 11.3. The van der Waals surface area contributed by atoms with Crippen LogP contribution in [0.2, 0.25) is 0 Å². The van der Waals surface area contributed by atoms with Gasteiger partial charge in [0.2, 0.25) is 0 Å². The number of aromatic nitrogens is 5. The molecule has 0 saturated carbocycles. The minimum Gasteiger partial charge on any atom is -0.456 e. The molecule has 0 spiro atoms. The predicted octanol–water partition coefficient (Wildman–Crippen LogP) is 16.4. The molecule has 0 bridgehead atoms. The Morgan fingerprint density at radius 2 is 0.783 bits per heavy atom. The van der Waals surface area contributed by atoms with Gasteiger partial charge in [-0.1, -0.05) is 133 Å². The molecule has 9 nitrogen and oxygen atoms in total. The highest BCUT2D eigenvalue weighted by molar-refractivity contribution is 7.25. The van der Waals surface area contributed by atoms with E-state index < -0.39 is 0 Å². The van der Waals surface area contributed by atoms with Crippen LogP contribution >= 0.6 is 11.3 Å². The molecule has 5 aromatic heterocycles. The second-order valence-corrected chi connectivity index (χ2v) is 18.4. The first-order valence-electron chi connectivity index (χ1n) is 22.7. The van der Waals surface area contributed by atoms with Gasteiger partial charge >= 0.3 is 0 Å². The molecule has 0 radical (unpaired) electrons. The molecule has 0 aliphatic carbocycles. The molecule has 0 aliphatic heterocycles. The Kier molecular flexibility index (Phi) is 8.04. The van der Waals surface area contributed by atoms with E-state index >= 15 is 0 Å². The second-order valence-electron chi connectivity index (χ2n) is 17.3. The summed E-state index contributed by atoms with van der Waals surface area (Å²) in [6.45, 7) is 0. The van der Waals surface area contributed by atoms with Crippen LogP contribution in [0.3, 0.4) is 0 Å². The van der Waals surface area contributed by atoms with E-state index in [1.165, 1.54) is 11.3 Å². The highest BCUT2D eigenvalue weighted by Gasteiger charge is 2.26. The van der Waals surface area contributed by atoms with E-state index in [2.05, 4.69) is 174 Å². The molecular weight excluding hydrogens is 871 g/mol. The van der Waals surface area contributed by atoms with E-state index in [-0.39, 0.29) is 0 Å². The third-order valence-electron chi connectivity index (χ3n) is 13.4. The number of fused-ring (bicyclic) bond motifs is 13. The third kappa shape index (κ3) is 5.79. The van der Waals surface area contributed by atoms with Crippen LogP contribution < -0.4 is 9.80 Å². The van der Waals surface area contributed by atoms with Gasteiger partial charge in [-0.25, -0.2) is 0 Å². The Bertz CT molecular complexity index is 4220. The Labute approximate surface area is 395 Å². The lowest BCUT2D eigenvalue weighted by atomic mass is 9.99. The van der Waals surface area contributed by atoms with Crippen molar-refractivity contribution < 1.29 is 8.83 Å². The number of furan rings is 2. The smallest absolute Gasteiger partial charge is 0.255 e. The van der Waals surface area contributed by atoms with Crippen molar-refractivity contribution >= 4 is 153 Å². The summed E-state index contributed by atoms with van der Waals surface area (Å²) in [6, 6.07) is 69.5. The summed E-state index contributed by atoms with van der Waals surface area (Å²) in [5.41, 5.74) is 8.11. The summed E-state index contributed by atoms with van der Waals surface area (Å²) in [6.07, 6.45) is 0. The fourth-order valence-electron chi connectivity index (χ4n) is 10.3. The van der Waals surface area contributed by atoms with Gasteiger partial charge in [0.25, 0.3) is 5.95 Å². The van der Waals surface area contributed by atoms with Crippen LogP contribution in [-0.4, -0.2) is 25.4 Å². The number of hydrogen-bond donors (Lipinski definition) is 0. The maximum absolute atomic E-state index is 6.48. The number of benzene rings is 10. The normalized spacial score (nSPS) is 12.1. The van der Waals surface area contributed by atoms with Crippen LogP contribution in [0.5, 0.6) is 0 Å². The molecule has 15 aromatic rings. The van der Waals surface area contributed by atoms with Crippen molar-refractivity contribution in [3.8, 4) is 0 Å². The molecule has 69 heavy (non-hydrogen) atoms. The van der Waals surface area contributed by atoms with E-state index in [0.717, 1.165) is 114 Å². The van der Waals surface area contributed by atoms with E-state index in [4.69, 9.17) is 34.2 Å². The van der Waals surface area contributed by atoms with Gasteiger partial charge in [0.15, 0.2) is 16.2 Å². The van der Waals surface area contributed by atoms with Gasteiger partial charge in [-0.2, -0.15) is 4.98 Å².